The summed E-state index contributed by atoms with van der Waals surface area (Å²) < 4.78 is 12.6. The number of hydrogen-bond acceptors (Lipinski definition) is 6. The van der Waals surface area contributed by atoms with Gasteiger partial charge in [-0.05, 0) is 35.4 Å². The van der Waals surface area contributed by atoms with Gasteiger partial charge in [-0.3, -0.25) is 19.3 Å². The van der Waals surface area contributed by atoms with Crippen LogP contribution in [-0.4, -0.2) is 46.8 Å². The highest BCUT2D eigenvalue weighted by atomic mass is 16.5. The molecule has 2 N–H and O–H groups in total. The lowest BCUT2D eigenvalue weighted by Crippen LogP contribution is -2.48. The van der Waals surface area contributed by atoms with Crippen LogP contribution in [-0.2, 0) is 11.8 Å². The Kier molecular flexibility index (Phi) is 8.58. The van der Waals surface area contributed by atoms with Crippen LogP contribution in [0.2, 0.25) is 0 Å². The molecule has 3 aromatic carbocycles. The van der Waals surface area contributed by atoms with E-state index in [9.17, 15) is 9.59 Å². The fourth-order valence-electron chi connectivity index (χ4n) is 4.99. The molecule has 0 saturated heterocycles. The van der Waals surface area contributed by atoms with E-state index >= 15 is 0 Å². The zero-order valence-electron chi connectivity index (χ0n) is 23.5. The van der Waals surface area contributed by atoms with E-state index in [-0.39, 0.29) is 5.91 Å². The van der Waals surface area contributed by atoms with Crippen LogP contribution in [0.5, 0.6) is 11.5 Å². The summed E-state index contributed by atoms with van der Waals surface area (Å²) in [6.45, 7) is 0. The van der Waals surface area contributed by atoms with Gasteiger partial charge in [-0.2, -0.15) is 5.10 Å². The van der Waals surface area contributed by atoms with Crippen LogP contribution in [0.25, 0.3) is 11.1 Å². The normalized spacial score (nSPS) is 11.5. The summed E-state index contributed by atoms with van der Waals surface area (Å²) in [5, 5.41) is 10.1. The number of amides is 2. The Morgan fingerprint density at radius 3 is 2.02 bits per heavy atom. The zero-order chi connectivity index (χ0) is 29.5. The number of benzene rings is 3. The molecule has 5 rings (SSSR count). The molecule has 2 heterocycles. The van der Waals surface area contributed by atoms with Crippen molar-refractivity contribution in [1.82, 2.24) is 20.1 Å². The molecule has 1 atom stereocenters. The smallest absolute Gasteiger partial charge is 0.270 e. The SMILES string of the molecule is COc1cnccc1-c1ccc(NC(=O)C(NC(=O)c2ccnn2C)C(c2ccccc2)c2ccccc2)cc1OC. The van der Waals surface area contributed by atoms with Crippen molar-refractivity contribution in [2.45, 2.75) is 12.0 Å². The molecule has 0 radical (unpaired) electrons. The second-order valence-electron chi connectivity index (χ2n) is 9.57. The maximum atomic E-state index is 14.1. The number of aromatic nitrogens is 3. The van der Waals surface area contributed by atoms with Gasteiger partial charge in [0.25, 0.3) is 5.91 Å². The molecule has 0 saturated carbocycles. The van der Waals surface area contributed by atoms with E-state index in [2.05, 4.69) is 20.7 Å². The van der Waals surface area contributed by atoms with Gasteiger partial charge in [-0.1, -0.05) is 60.7 Å². The monoisotopic (exact) mass is 561 g/mol. The van der Waals surface area contributed by atoms with Crippen LogP contribution in [0.15, 0.2) is 110 Å². The Morgan fingerprint density at radius 2 is 1.43 bits per heavy atom. The van der Waals surface area contributed by atoms with E-state index in [1.165, 1.54) is 4.68 Å². The first-order valence-corrected chi connectivity index (χ1v) is 13.4. The second-order valence-corrected chi connectivity index (χ2v) is 9.57. The number of anilines is 1. The van der Waals surface area contributed by atoms with Gasteiger partial charge < -0.3 is 20.1 Å². The third-order valence-electron chi connectivity index (χ3n) is 7.04. The standard InChI is InChI=1S/C33H31N5O4/c1-38-27(17-19-35-38)32(39)37-31(30(22-10-6-4-7-11-22)23-12-8-5-9-13-23)33(40)36-24-14-15-25(28(20-24)41-2)26-16-18-34-21-29(26)42-3/h4-21,30-31H,1-3H3,(H,36,40)(H,37,39). The third-order valence-corrected chi connectivity index (χ3v) is 7.04. The van der Waals surface area contributed by atoms with Crippen molar-refractivity contribution in [2.75, 3.05) is 19.5 Å². The first kappa shape index (κ1) is 28.1. The first-order valence-electron chi connectivity index (χ1n) is 13.4. The molecule has 2 aromatic heterocycles. The highest BCUT2D eigenvalue weighted by molar-refractivity contribution is 6.01. The Morgan fingerprint density at radius 1 is 0.786 bits per heavy atom. The van der Waals surface area contributed by atoms with Gasteiger partial charge in [-0.15, -0.1) is 0 Å². The lowest BCUT2D eigenvalue weighted by atomic mass is 9.84. The summed E-state index contributed by atoms with van der Waals surface area (Å²) in [6, 6.07) is 27.2. The van der Waals surface area contributed by atoms with Gasteiger partial charge in [0.1, 0.15) is 23.2 Å². The highest BCUT2D eigenvalue weighted by Crippen LogP contribution is 2.37. The van der Waals surface area contributed by atoms with E-state index < -0.39 is 17.9 Å². The highest BCUT2D eigenvalue weighted by Gasteiger charge is 2.33. The topological polar surface area (TPSA) is 107 Å². The predicted octanol–water partition coefficient (Wildman–Crippen LogP) is 5.07. The van der Waals surface area contributed by atoms with E-state index in [0.717, 1.165) is 22.3 Å². The van der Waals surface area contributed by atoms with Crippen LogP contribution >= 0.6 is 0 Å². The molecular weight excluding hydrogens is 530 g/mol. The molecule has 9 heteroatoms. The number of rotatable bonds is 10. The minimum absolute atomic E-state index is 0.338. The van der Waals surface area contributed by atoms with Crippen molar-refractivity contribution in [3.63, 3.8) is 0 Å². The van der Waals surface area contributed by atoms with Crippen molar-refractivity contribution in [3.05, 3.63) is 126 Å². The van der Waals surface area contributed by atoms with Gasteiger partial charge in [0.2, 0.25) is 5.91 Å². The van der Waals surface area contributed by atoms with Gasteiger partial charge >= 0.3 is 0 Å². The molecule has 1 unspecified atom stereocenters. The minimum atomic E-state index is -0.969. The molecule has 0 fully saturated rings. The summed E-state index contributed by atoms with van der Waals surface area (Å²) in [5.74, 6) is -0.148. The van der Waals surface area contributed by atoms with Crippen molar-refractivity contribution in [3.8, 4) is 22.6 Å². The van der Waals surface area contributed by atoms with E-state index in [1.807, 2.05) is 72.8 Å². The number of carbonyl (C=O) groups is 2. The Hall–Kier alpha value is -5.44. The number of ether oxygens (including phenoxy) is 2. The number of pyridine rings is 1. The summed E-state index contributed by atoms with van der Waals surface area (Å²) in [7, 11) is 4.83. The number of methoxy groups -OCH3 is 2. The third kappa shape index (κ3) is 6.00. The molecule has 212 valence electrons. The summed E-state index contributed by atoms with van der Waals surface area (Å²) in [5.41, 5.74) is 4.19. The zero-order valence-corrected chi connectivity index (χ0v) is 23.5. The maximum absolute atomic E-state index is 14.1. The lowest BCUT2D eigenvalue weighted by Gasteiger charge is -2.28. The van der Waals surface area contributed by atoms with Crippen molar-refractivity contribution >= 4 is 17.5 Å². The number of hydrogen-bond donors (Lipinski definition) is 2. The molecular formula is C33H31N5O4. The van der Waals surface area contributed by atoms with E-state index in [4.69, 9.17) is 9.47 Å². The predicted molar refractivity (Wildman–Crippen MR) is 161 cm³/mol. The summed E-state index contributed by atoms with van der Waals surface area (Å²) in [4.78, 5) is 31.7. The number of nitrogens with one attached hydrogen (secondary N) is 2. The van der Waals surface area contributed by atoms with Gasteiger partial charge in [0.15, 0.2) is 0 Å². The molecule has 9 nitrogen and oxygen atoms in total. The summed E-state index contributed by atoms with van der Waals surface area (Å²) in [6.07, 6.45) is 4.85. The molecule has 0 spiro atoms. The van der Waals surface area contributed by atoms with Gasteiger partial charge in [-0.25, -0.2) is 0 Å². The fraction of sp³-hybridized carbons (Fsp3) is 0.152. The van der Waals surface area contributed by atoms with E-state index in [0.29, 0.717) is 22.9 Å². The minimum Gasteiger partial charge on any atom is -0.496 e. The van der Waals surface area contributed by atoms with Crippen LogP contribution in [0.1, 0.15) is 27.5 Å². The molecule has 42 heavy (non-hydrogen) atoms. The molecule has 0 bridgehead atoms. The van der Waals surface area contributed by atoms with E-state index in [1.54, 1.807) is 58.1 Å². The number of carbonyl (C=O) groups excluding carboxylic acids is 2. The Balaban J connectivity index is 1.53. The average molecular weight is 562 g/mol. The number of nitrogens with zero attached hydrogens (tertiary/aromatic N) is 3. The van der Waals surface area contributed by atoms with Crippen LogP contribution in [0, 0.1) is 0 Å². The van der Waals surface area contributed by atoms with Crippen molar-refractivity contribution in [1.29, 1.82) is 0 Å². The molecule has 0 aliphatic heterocycles. The Labute approximate surface area is 244 Å². The van der Waals surface area contributed by atoms with Gasteiger partial charge in [0, 0.05) is 48.2 Å². The molecule has 5 aromatic rings. The quantitative estimate of drug-likeness (QED) is 0.247. The van der Waals surface area contributed by atoms with Crippen LogP contribution < -0.4 is 20.1 Å². The van der Waals surface area contributed by atoms with Gasteiger partial charge in [0.05, 0.1) is 20.4 Å². The fourth-order valence-corrected chi connectivity index (χ4v) is 4.99. The van der Waals surface area contributed by atoms with Crippen LogP contribution in [0.3, 0.4) is 0 Å². The van der Waals surface area contributed by atoms with Crippen molar-refractivity contribution < 1.29 is 19.1 Å². The second kappa shape index (κ2) is 12.8. The summed E-state index contributed by atoms with van der Waals surface area (Å²) >= 11 is 0. The largest absolute Gasteiger partial charge is 0.496 e. The Bertz CT molecular complexity index is 1630. The number of aryl methyl sites for hydroxylation is 1. The average Bonchev–Trinajstić information content (AvgIpc) is 3.47. The molecule has 0 aliphatic carbocycles. The van der Waals surface area contributed by atoms with Crippen LogP contribution in [0.4, 0.5) is 5.69 Å². The molecule has 0 aliphatic rings. The molecule has 2 amide bonds. The first-order chi connectivity index (χ1) is 20.5. The lowest BCUT2D eigenvalue weighted by molar-refractivity contribution is -0.118. The van der Waals surface area contributed by atoms with Crippen molar-refractivity contribution in [2.24, 2.45) is 7.05 Å². The maximum Gasteiger partial charge on any atom is 0.270 e.